The summed E-state index contributed by atoms with van der Waals surface area (Å²) in [5.41, 5.74) is 3.18. The number of nitrogens with one attached hydrogen (secondary N) is 1. The summed E-state index contributed by atoms with van der Waals surface area (Å²) >= 11 is 0. The molecule has 8 nitrogen and oxygen atoms in total. The van der Waals surface area contributed by atoms with Gasteiger partial charge in [-0.3, -0.25) is 4.79 Å². The minimum Gasteiger partial charge on any atom is -0.490 e. The number of pyridine rings is 1. The number of ether oxygens (including phenoxy) is 3. The van der Waals surface area contributed by atoms with Crippen molar-refractivity contribution in [2.45, 2.75) is 48.1 Å². The second-order valence-electron chi connectivity index (χ2n) is 9.04. The van der Waals surface area contributed by atoms with Crippen LogP contribution in [0.15, 0.2) is 36.4 Å². The Morgan fingerprint density at radius 3 is 2.25 bits per heavy atom. The van der Waals surface area contributed by atoms with Crippen LogP contribution >= 0.6 is 0 Å². The van der Waals surface area contributed by atoms with E-state index < -0.39 is 0 Å². The maximum Gasteiger partial charge on any atom is 0.257 e. The third kappa shape index (κ3) is 5.22. The van der Waals surface area contributed by atoms with Gasteiger partial charge in [0.1, 0.15) is 0 Å². The Balaban J connectivity index is 1.78. The largest absolute Gasteiger partial charge is 0.490 e. The molecule has 0 aliphatic rings. The molecule has 0 aliphatic carbocycles. The number of carbonyl (C=O) groups is 1. The van der Waals surface area contributed by atoms with Crippen molar-refractivity contribution in [1.82, 2.24) is 14.8 Å². The summed E-state index contributed by atoms with van der Waals surface area (Å²) in [6, 6.07) is 11.5. The predicted octanol–water partition coefficient (Wildman–Crippen LogP) is 6.00. The molecule has 0 saturated heterocycles. The summed E-state index contributed by atoms with van der Waals surface area (Å²) in [5, 5.41) is 9.52. The Morgan fingerprint density at radius 2 is 1.64 bits per heavy atom. The molecular weight excluding hydrogens is 456 g/mol. The fourth-order valence-corrected chi connectivity index (χ4v) is 4.12. The van der Waals surface area contributed by atoms with Crippen LogP contribution in [0, 0.1) is 12.8 Å². The van der Waals surface area contributed by atoms with Crippen molar-refractivity contribution in [3.63, 3.8) is 0 Å². The fourth-order valence-electron chi connectivity index (χ4n) is 4.12. The van der Waals surface area contributed by atoms with Crippen LogP contribution in [0.2, 0.25) is 0 Å². The molecule has 0 radical (unpaired) electrons. The number of hydrogen-bond donors (Lipinski definition) is 1. The van der Waals surface area contributed by atoms with E-state index in [9.17, 15) is 4.79 Å². The second kappa shape index (κ2) is 10.8. The van der Waals surface area contributed by atoms with E-state index in [1.165, 1.54) is 0 Å². The van der Waals surface area contributed by atoms with Gasteiger partial charge in [-0.05, 0) is 63.4 Å². The van der Waals surface area contributed by atoms with Crippen LogP contribution in [-0.2, 0) is 6.54 Å². The lowest BCUT2D eigenvalue weighted by Crippen LogP contribution is -2.14. The molecule has 1 amide bonds. The van der Waals surface area contributed by atoms with Crippen LogP contribution in [-0.4, -0.2) is 40.5 Å². The number of amides is 1. The first kappa shape index (κ1) is 25.3. The van der Waals surface area contributed by atoms with Gasteiger partial charge in [0.05, 0.1) is 30.7 Å². The SMILES string of the molecule is CCOc1cc(C(=O)Nc2nn(CC(C)C)c3nc4cc(C)ccc4cc23)cc(OCC)c1OCC. The number of benzene rings is 2. The molecule has 0 aliphatic heterocycles. The van der Waals surface area contributed by atoms with Gasteiger partial charge in [-0.1, -0.05) is 26.0 Å². The average molecular weight is 491 g/mol. The average Bonchev–Trinajstić information content (AvgIpc) is 3.14. The van der Waals surface area contributed by atoms with Gasteiger partial charge in [0, 0.05) is 17.5 Å². The Bertz CT molecular complexity index is 1370. The van der Waals surface area contributed by atoms with Crippen LogP contribution in [0.4, 0.5) is 5.82 Å². The maximum atomic E-state index is 13.4. The number of carbonyl (C=O) groups excluding carboxylic acids is 1. The van der Waals surface area contributed by atoms with Gasteiger partial charge < -0.3 is 19.5 Å². The zero-order valence-electron chi connectivity index (χ0n) is 21.8. The van der Waals surface area contributed by atoms with E-state index in [0.29, 0.717) is 60.9 Å². The topological polar surface area (TPSA) is 87.5 Å². The van der Waals surface area contributed by atoms with Gasteiger partial charge in [0.15, 0.2) is 23.0 Å². The minimum atomic E-state index is -0.319. The van der Waals surface area contributed by atoms with Gasteiger partial charge >= 0.3 is 0 Å². The van der Waals surface area contributed by atoms with Gasteiger partial charge in [-0.2, -0.15) is 5.10 Å². The summed E-state index contributed by atoms with van der Waals surface area (Å²) in [4.78, 5) is 18.3. The van der Waals surface area contributed by atoms with Crippen molar-refractivity contribution in [2.24, 2.45) is 5.92 Å². The maximum absolute atomic E-state index is 13.4. The Morgan fingerprint density at radius 1 is 0.972 bits per heavy atom. The molecule has 2 heterocycles. The molecule has 4 aromatic rings. The van der Waals surface area contributed by atoms with Crippen molar-refractivity contribution < 1.29 is 19.0 Å². The number of aryl methyl sites for hydroxylation is 1. The summed E-state index contributed by atoms with van der Waals surface area (Å²) in [6.45, 7) is 14.0. The molecule has 0 saturated carbocycles. The minimum absolute atomic E-state index is 0.319. The summed E-state index contributed by atoms with van der Waals surface area (Å²) in [6.07, 6.45) is 0. The van der Waals surface area contributed by atoms with Crippen molar-refractivity contribution >= 4 is 33.7 Å². The normalized spacial score (nSPS) is 11.3. The van der Waals surface area contributed by atoms with Crippen LogP contribution in [0.25, 0.3) is 21.9 Å². The number of anilines is 1. The highest BCUT2D eigenvalue weighted by atomic mass is 16.5. The van der Waals surface area contributed by atoms with E-state index in [0.717, 1.165) is 27.5 Å². The van der Waals surface area contributed by atoms with Crippen LogP contribution in [0.5, 0.6) is 17.2 Å². The highest BCUT2D eigenvalue weighted by Gasteiger charge is 2.21. The molecule has 0 fully saturated rings. The zero-order chi connectivity index (χ0) is 25.8. The number of aromatic nitrogens is 3. The first-order valence-corrected chi connectivity index (χ1v) is 12.5. The Hall–Kier alpha value is -3.81. The monoisotopic (exact) mass is 490 g/mol. The van der Waals surface area contributed by atoms with E-state index in [1.54, 1.807) is 12.1 Å². The standard InChI is InChI=1S/C28H34N4O4/c1-7-34-23-14-20(15-24(35-8-2)25(23)36-9-3)28(33)30-26-21-13-19-11-10-18(6)12-22(19)29-27(21)32(31-26)16-17(4)5/h10-15,17H,7-9,16H2,1-6H3,(H,30,31,33). The zero-order valence-corrected chi connectivity index (χ0v) is 21.8. The summed E-state index contributed by atoms with van der Waals surface area (Å²) in [7, 11) is 0. The Labute approximate surface area is 211 Å². The molecule has 1 N–H and O–H groups in total. The van der Waals surface area contributed by atoms with E-state index >= 15 is 0 Å². The van der Waals surface area contributed by atoms with Crippen molar-refractivity contribution in [1.29, 1.82) is 0 Å². The van der Waals surface area contributed by atoms with E-state index in [1.807, 2.05) is 44.5 Å². The van der Waals surface area contributed by atoms with Crippen molar-refractivity contribution in [3.05, 3.63) is 47.5 Å². The van der Waals surface area contributed by atoms with E-state index in [-0.39, 0.29) is 5.91 Å². The van der Waals surface area contributed by atoms with Gasteiger partial charge in [-0.15, -0.1) is 0 Å². The quantitative estimate of drug-likeness (QED) is 0.293. The third-order valence-corrected chi connectivity index (χ3v) is 5.61. The second-order valence-corrected chi connectivity index (χ2v) is 9.04. The molecule has 0 spiro atoms. The molecule has 36 heavy (non-hydrogen) atoms. The molecule has 0 atom stereocenters. The van der Waals surface area contributed by atoms with Gasteiger partial charge in [0.25, 0.3) is 5.91 Å². The lowest BCUT2D eigenvalue weighted by Gasteiger charge is -2.17. The van der Waals surface area contributed by atoms with Gasteiger partial charge in [-0.25, -0.2) is 9.67 Å². The summed E-state index contributed by atoms with van der Waals surface area (Å²) in [5.74, 6) is 1.94. The van der Waals surface area contributed by atoms with E-state index in [4.69, 9.17) is 24.3 Å². The van der Waals surface area contributed by atoms with Crippen molar-refractivity contribution in [2.75, 3.05) is 25.1 Å². The molecule has 0 bridgehead atoms. The lowest BCUT2D eigenvalue weighted by molar-refractivity contribution is 0.102. The van der Waals surface area contributed by atoms with Crippen LogP contribution in [0.3, 0.4) is 0 Å². The Kier molecular flexibility index (Phi) is 7.62. The number of fused-ring (bicyclic) bond motifs is 2. The first-order valence-electron chi connectivity index (χ1n) is 12.5. The van der Waals surface area contributed by atoms with Crippen LogP contribution < -0.4 is 19.5 Å². The smallest absolute Gasteiger partial charge is 0.257 e. The molecular formula is C28H34N4O4. The predicted molar refractivity (Wildman–Crippen MR) is 143 cm³/mol. The van der Waals surface area contributed by atoms with E-state index in [2.05, 4.69) is 31.3 Å². The van der Waals surface area contributed by atoms with Gasteiger partial charge in [0.2, 0.25) is 5.75 Å². The van der Waals surface area contributed by atoms with Crippen molar-refractivity contribution in [3.8, 4) is 17.2 Å². The molecule has 0 unspecified atom stereocenters. The van der Waals surface area contributed by atoms with Crippen LogP contribution in [0.1, 0.15) is 50.5 Å². The third-order valence-electron chi connectivity index (χ3n) is 5.61. The fraction of sp³-hybridized carbons (Fsp3) is 0.393. The molecule has 8 heteroatoms. The molecule has 190 valence electrons. The number of nitrogens with zero attached hydrogens (tertiary/aromatic N) is 3. The molecule has 2 aromatic carbocycles. The summed E-state index contributed by atoms with van der Waals surface area (Å²) < 4.78 is 19.2. The molecule has 4 rings (SSSR count). The highest BCUT2D eigenvalue weighted by Crippen LogP contribution is 2.39. The molecule has 2 aromatic heterocycles. The lowest BCUT2D eigenvalue weighted by atomic mass is 10.1. The highest BCUT2D eigenvalue weighted by molar-refractivity contribution is 6.09. The first-order chi connectivity index (χ1) is 17.3. The number of rotatable bonds is 10. The number of hydrogen-bond acceptors (Lipinski definition) is 6.